The number of amides is 2. The van der Waals surface area contributed by atoms with E-state index in [4.69, 9.17) is 9.47 Å². The molecule has 4 atom stereocenters. The van der Waals surface area contributed by atoms with Gasteiger partial charge in [0.2, 0.25) is 5.95 Å². The molecule has 2 saturated heterocycles. The first-order valence-corrected chi connectivity index (χ1v) is 11.3. The van der Waals surface area contributed by atoms with E-state index >= 15 is 0 Å². The summed E-state index contributed by atoms with van der Waals surface area (Å²) in [6.45, 7) is 0.827. The zero-order valence-corrected chi connectivity index (χ0v) is 19.1. The lowest BCUT2D eigenvalue weighted by atomic mass is 10.1. The maximum absolute atomic E-state index is 12.4. The molecule has 0 aliphatic carbocycles. The fourth-order valence-electron chi connectivity index (χ4n) is 4.29. The zero-order chi connectivity index (χ0) is 23.5. The van der Waals surface area contributed by atoms with E-state index in [1.807, 2.05) is 62.6 Å². The van der Waals surface area contributed by atoms with Crippen molar-refractivity contribution in [3.05, 3.63) is 66.9 Å². The number of benzene rings is 2. The molecule has 1 aromatic heterocycles. The Balaban J connectivity index is 1.20. The van der Waals surface area contributed by atoms with E-state index in [1.165, 1.54) is 0 Å². The first kappa shape index (κ1) is 22.1. The summed E-state index contributed by atoms with van der Waals surface area (Å²) >= 11 is 0. The molecule has 2 aliphatic heterocycles. The molecular formula is C25H28N6O3. The Morgan fingerprint density at radius 2 is 1.65 bits per heavy atom. The molecule has 5 rings (SSSR count). The van der Waals surface area contributed by atoms with Gasteiger partial charge in [-0.2, -0.15) is 0 Å². The fourth-order valence-corrected chi connectivity index (χ4v) is 4.29. The summed E-state index contributed by atoms with van der Waals surface area (Å²) < 4.78 is 12.0. The largest absolute Gasteiger partial charge is 0.378 e. The number of urea groups is 1. The average molecular weight is 461 g/mol. The van der Waals surface area contributed by atoms with Crippen LogP contribution in [0.5, 0.6) is 0 Å². The SMILES string of the molecule is CN(C)c1ccc(-c2ccnc(N[C@@H]3CO[C@@H]4[C@@H]3OC[C@@H]4NC(=O)Nc3ccccc3)n2)cc1. The third kappa shape index (κ3) is 4.80. The Morgan fingerprint density at radius 3 is 2.38 bits per heavy atom. The van der Waals surface area contributed by atoms with Crippen molar-refractivity contribution < 1.29 is 14.3 Å². The Kier molecular flexibility index (Phi) is 6.29. The molecule has 2 aromatic carbocycles. The molecular weight excluding hydrogens is 432 g/mol. The van der Waals surface area contributed by atoms with Crippen molar-refractivity contribution in [3.63, 3.8) is 0 Å². The maximum atomic E-state index is 12.4. The minimum atomic E-state index is -0.281. The fraction of sp³-hybridized carbons (Fsp3) is 0.320. The van der Waals surface area contributed by atoms with Crippen molar-refractivity contribution >= 4 is 23.4 Å². The molecule has 9 nitrogen and oxygen atoms in total. The molecule has 34 heavy (non-hydrogen) atoms. The Labute approximate surface area is 198 Å². The molecule has 0 saturated carbocycles. The number of fused-ring (bicyclic) bond motifs is 1. The molecule has 9 heteroatoms. The van der Waals surface area contributed by atoms with Crippen molar-refractivity contribution in [2.75, 3.05) is 42.8 Å². The lowest BCUT2D eigenvalue weighted by Crippen LogP contribution is -2.46. The van der Waals surface area contributed by atoms with Crippen LogP contribution < -0.4 is 20.9 Å². The lowest BCUT2D eigenvalue weighted by molar-refractivity contribution is 0.0683. The van der Waals surface area contributed by atoms with Crippen LogP contribution in [0.3, 0.4) is 0 Å². The van der Waals surface area contributed by atoms with Crippen LogP contribution >= 0.6 is 0 Å². The van der Waals surface area contributed by atoms with Gasteiger partial charge < -0.3 is 30.3 Å². The normalized spacial score (nSPS) is 23.2. The summed E-state index contributed by atoms with van der Waals surface area (Å²) in [6.07, 6.45) is 1.31. The summed E-state index contributed by atoms with van der Waals surface area (Å²) in [5.74, 6) is 0.519. The van der Waals surface area contributed by atoms with Crippen LogP contribution in [0.15, 0.2) is 66.9 Å². The van der Waals surface area contributed by atoms with Gasteiger partial charge in [-0.15, -0.1) is 0 Å². The number of rotatable bonds is 6. The highest BCUT2D eigenvalue weighted by Crippen LogP contribution is 2.29. The second-order valence-electron chi connectivity index (χ2n) is 8.62. The number of aromatic nitrogens is 2. The van der Waals surface area contributed by atoms with Gasteiger partial charge >= 0.3 is 6.03 Å². The number of carbonyl (C=O) groups excluding carboxylic acids is 1. The smallest absolute Gasteiger partial charge is 0.319 e. The van der Waals surface area contributed by atoms with E-state index in [0.717, 1.165) is 22.6 Å². The van der Waals surface area contributed by atoms with Crippen LogP contribution in [-0.2, 0) is 9.47 Å². The zero-order valence-electron chi connectivity index (χ0n) is 19.1. The summed E-state index contributed by atoms with van der Waals surface area (Å²) in [4.78, 5) is 23.5. The Morgan fingerprint density at radius 1 is 0.941 bits per heavy atom. The van der Waals surface area contributed by atoms with Crippen molar-refractivity contribution in [1.29, 1.82) is 0 Å². The predicted octanol–water partition coefficient (Wildman–Crippen LogP) is 2.98. The van der Waals surface area contributed by atoms with Crippen LogP contribution in [0.25, 0.3) is 11.3 Å². The van der Waals surface area contributed by atoms with Crippen LogP contribution in [0.2, 0.25) is 0 Å². The molecule has 3 heterocycles. The van der Waals surface area contributed by atoms with Gasteiger partial charge in [0.15, 0.2) is 0 Å². The second kappa shape index (κ2) is 9.66. The highest BCUT2D eigenvalue weighted by Gasteiger charge is 2.48. The molecule has 3 N–H and O–H groups in total. The number of nitrogens with zero attached hydrogens (tertiary/aromatic N) is 3. The number of para-hydroxylation sites is 1. The molecule has 2 amide bonds. The average Bonchev–Trinajstić information content (AvgIpc) is 3.43. The molecule has 0 bridgehead atoms. The number of nitrogens with one attached hydrogen (secondary N) is 3. The van der Waals surface area contributed by atoms with Gasteiger partial charge in [0.1, 0.15) is 12.2 Å². The first-order chi connectivity index (χ1) is 16.6. The van der Waals surface area contributed by atoms with Gasteiger partial charge in [0, 0.05) is 37.2 Å². The van der Waals surface area contributed by atoms with Gasteiger partial charge in [-0.25, -0.2) is 14.8 Å². The van der Waals surface area contributed by atoms with Crippen molar-refractivity contribution in [1.82, 2.24) is 15.3 Å². The van der Waals surface area contributed by atoms with Crippen LogP contribution in [0.1, 0.15) is 0 Å². The van der Waals surface area contributed by atoms with Crippen molar-refractivity contribution in [2.24, 2.45) is 0 Å². The van der Waals surface area contributed by atoms with E-state index in [9.17, 15) is 4.79 Å². The standard InChI is InChI=1S/C25H28N6O3/c1-31(2)18-10-8-16(9-11-18)19-12-13-26-24(28-19)29-20-14-33-23-21(15-34-22(20)23)30-25(32)27-17-6-4-3-5-7-17/h3-13,20-23H,14-15H2,1-2H3,(H,26,28,29)(H2,27,30,32)/t20-,21+,22-,23+/m1/s1. The number of ether oxygens (including phenoxy) is 2. The van der Waals surface area contributed by atoms with E-state index < -0.39 is 0 Å². The highest BCUT2D eigenvalue weighted by atomic mass is 16.6. The monoisotopic (exact) mass is 460 g/mol. The Hall–Kier alpha value is -3.69. The number of hydrogen-bond acceptors (Lipinski definition) is 7. The lowest BCUT2D eigenvalue weighted by Gasteiger charge is -2.19. The van der Waals surface area contributed by atoms with Crippen LogP contribution in [-0.4, -0.2) is 67.6 Å². The van der Waals surface area contributed by atoms with Crippen molar-refractivity contribution in [2.45, 2.75) is 24.3 Å². The molecule has 0 radical (unpaired) electrons. The molecule has 0 unspecified atom stereocenters. The predicted molar refractivity (Wildman–Crippen MR) is 131 cm³/mol. The maximum Gasteiger partial charge on any atom is 0.319 e. The molecule has 176 valence electrons. The number of carbonyl (C=O) groups is 1. The molecule has 2 aliphatic rings. The van der Waals surface area contributed by atoms with Crippen molar-refractivity contribution in [3.8, 4) is 11.3 Å². The quantitative estimate of drug-likeness (QED) is 0.520. The van der Waals surface area contributed by atoms with E-state index in [2.05, 4.69) is 43.0 Å². The first-order valence-electron chi connectivity index (χ1n) is 11.3. The number of hydrogen-bond donors (Lipinski definition) is 3. The topological polar surface area (TPSA) is 101 Å². The molecule has 3 aromatic rings. The molecule has 0 spiro atoms. The summed E-state index contributed by atoms with van der Waals surface area (Å²) in [6, 6.07) is 18.8. The minimum absolute atomic E-state index is 0.111. The molecule has 2 fully saturated rings. The third-order valence-corrected chi connectivity index (χ3v) is 6.05. The van der Waals surface area contributed by atoms with Gasteiger partial charge in [0.05, 0.1) is 31.0 Å². The summed E-state index contributed by atoms with van der Waals surface area (Å²) in [5.41, 5.74) is 3.71. The number of anilines is 3. The van der Waals surface area contributed by atoms with Gasteiger partial charge in [-0.3, -0.25) is 0 Å². The van der Waals surface area contributed by atoms with Gasteiger partial charge in [0.25, 0.3) is 0 Å². The van der Waals surface area contributed by atoms with E-state index in [1.54, 1.807) is 6.20 Å². The highest BCUT2D eigenvalue weighted by molar-refractivity contribution is 5.89. The van der Waals surface area contributed by atoms with Gasteiger partial charge in [-0.1, -0.05) is 30.3 Å². The minimum Gasteiger partial charge on any atom is -0.378 e. The van der Waals surface area contributed by atoms with Crippen LogP contribution in [0.4, 0.5) is 22.1 Å². The van der Waals surface area contributed by atoms with Gasteiger partial charge in [-0.05, 0) is 30.3 Å². The summed E-state index contributed by atoms with van der Waals surface area (Å²) in [7, 11) is 4.03. The summed E-state index contributed by atoms with van der Waals surface area (Å²) in [5, 5.41) is 9.15. The van der Waals surface area contributed by atoms with E-state index in [0.29, 0.717) is 19.2 Å². The second-order valence-corrected chi connectivity index (χ2v) is 8.62. The Bertz CT molecular complexity index is 1130. The van der Waals surface area contributed by atoms with Crippen LogP contribution in [0, 0.1) is 0 Å². The van der Waals surface area contributed by atoms with E-state index in [-0.39, 0.29) is 30.3 Å². The third-order valence-electron chi connectivity index (χ3n) is 6.05.